The molecule has 124 valence electrons. The van der Waals surface area contributed by atoms with Gasteiger partial charge in [0.15, 0.2) is 0 Å². The number of morpholine rings is 1. The molecule has 0 radical (unpaired) electrons. The van der Waals surface area contributed by atoms with Gasteiger partial charge in [-0.2, -0.15) is 5.10 Å². The number of nitrogens with zero attached hydrogens (tertiary/aromatic N) is 2. The number of carboxylic acids is 1. The molecule has 2 aromatic rings. The first-order chi connectivity index (χ1) is 11.7. The Morgan fingerprint density at radius 3 is 2.62 bits per heavy atom. The summed E-state index contributed by atoms with van der Waals surface area (Å²) in [6.07, 6.45) is 1.70. The molecular formula is C18H19N3O3. The highest BCUT2D eigenvalue weighted by atomic mass is 16.5. The van der Waals surface area contributed by atoms with E-state index in [1.54, 1.807) is 30.5 Å². The standard InChI is InChI=1S/C18H19N3O3/c22-18(23)15-2-1-3-16(12-15)20-19-13-14-4-6-17(7-5-14)21-8-10-24-11-9-21/h1-7,12-13,20H,8-11H2,(H,22,23). The molecule has 0 saturated carbocycles. The summed E-state index contributed by atoms with van der Waals surface area (Å²) in [5.74, 6) is -0.957. The number of benzene rings is 2. The summed E-state index contributed by atoms with van der Waals surface area (Å²) in [4.78, 5) is 13.2. The van der Waals surface area contributed by atoms with Crippen LogP contribution in [0, 0.1) is 0 Å². The number of ether oxygens (including phenoxy) is 1. The van der Waals surface area contributed by atoms with Gasteiger partial charge in [-0.15, -0.1) is 0 Å². The fourth-order valence-corrected chi connectivity index (χ4v) is 2.50. The molecule has 0 aromatic heterocycles. The number of carboxylic acid groups (broad SMARTS) is 1. The van der Waals surface area contributed by atoms with Crippen molar-refractivity contribution in [2.75, 3.05) is 36.6 Å². The van der Waals surface area contributed by atoms with E-state index < -0.39 is 5.97 Å². The number of hydrogen-bond acceptors (Lipinski definition) is 5. The Balaban J connectivity index is 1.60. The molecule has 1 aliphatic heterocycles. The molecule has 1 saturated heterocycles. The molecule has 0 bridgehead atoms. The quantitative estimate of drug-likeness (QED) is 0.653. The predicted octanol–water partition coefficient (Wildman–Crippen LogP) is 2.67. The Morgan fingerprint density at radius 2 is 1.92 bits per heavy atom. The largest absolute Gasteiger partial charge is 0.478 e. The van der Waals surface area contributed by atoms with Crippen molar-refractivity contribution in [1.82, 2.24) is 0 Å². The maximum absolute atomic E-state index is 10.9. The molecule has 6 nitrogen and oxygen atoms in total. The van der Waals surface area contributed by atoms with Crippen molar-refractivity contribution in [2.45, 2.75) is 0 Å². The highest BCUT2D eigenvalue weighted by molar-refractivity contribution is 5.89. The van der Waals surface area contributed by atoms with Crippen molar-refractivity contribution in [2.24, 2.45) is 5.10 Å². The van der Waals surface area contributed by atoms with Crippen LogP contribution >= 0.6 is 0 Å². The zero-order valence-electron chi connectivity index (χ0n) is 13.2. The van der Waals surface area contributed by atoms with Gasteiger partial charge in [0, 0.05) is 18.8 Å². The molecule has 6 heteroatoms. The molecule has 1 fully saturated rings. The van der Waals surface area contributed by atoms with Gasteiger partial charge in [0.25, 0.3) is 0 Å². The highest BCUT2D eigenvalue weighted by Crippen LogP contribution is 2.16. The van der Waals surface area contributed by atoms with Gasteiger partial charge in [-0.3, -0.25) is 5.43 Å². The second kappa shape index (κ2) is 7.61. The second-order valence-corrected chi connectivity index (χ2v) is 5.45. The first-order valence-electron chi connectivity index (χ1n) is 7.77. The Bertz CT molecular complexity index is 723. The van der Waals surface area contributed by atoms with Gasteiger partial charge in [-0.25, -0.2) is 4.79 Å². The highest BCUT2D eigenvalue weighted by Gasteiger charge is 2.10. The molecule has 0 atom stereocenters. The third-order valence-electron chi connectivity index (χ3n) is 3.79. The number of aromatic carboxylic acids is 1. The summed E-state index contributed by atoms with van der Waals surface area (Å²) >= 11 is 0. The lowest BCUT2D eigenvalue weighted by atomic mass is 10.2. The SMILES string of the molecule is O=C(O)c1cccc(NN=Cc2ccc(N3CCOCC3)cc2)c1. The number of nitrogens with one attached hydrogen (secondary N) is 1. The molecule has 3 rings (SSSR count). The average Bonchev–Trinajstić information content (AvgIpc) is 2.63. The van der Waals surface area contributed by atoms with Crippen LogP contribution in [0.5, 0.6) is 0 Å². The minimum absolute atomic E-state index is 0.227. The molecule has 0 spiro atoms. The Labute approximate surface area is 140 Å². The Hall–Kier alpha value is -2.86. The topological polar surface area (TPSA) is 74.2 Å². The number of hydrazone groups is 1. The molecule has 0 amide bonds. The van der Waals surface area contributed by atoms with Crippen LogP contribution in [-0.2, 0) is 4.74 Å². The van der Waals surface area contributed by atoms with Crippen molar-refractivity contribution in [3.8, 4) is 0 Å². The van der Waals surface area contributed by atoms with Crippen LogP contribution in [0.3, 0.4) is 0 Å². The van der Waals surface area contributed by atoms with Gasteiger partial charge in [0.05, 0.1) is 30.7 Å². The minimum atomic E-state index is -0.957. The van der Waals surface area contributed by atoms with E-state index in [2.05, 4.69) is 27.6 Å². The van der Waals surface area contributed by atoms with Crippen molar-refractivity contribution in [3.05, 3.63) is 59.7 Å². The monoisotopic (exact) mass is 325 g/mol. The predicted molar refractivity (Wildman–Crippen MR) is 94.1 cm³/mol. The normalized spacial score (nSPS) is 14.8. The van der Waals surface area contributed by atoms with Gasteiger partial charge in [-0.1, -0.05) is 18.2 Å². The van der Waals surface area contributed by atoms with E-state index in [1.807, 2.05) is 12.1 Å². The van der Waals surface area contributed by atoms with Gasteiger partial charge < -0.3 is 14.7 Å². The maximum atomic E-state index is 10.9. The van der Waals surface area contributed by atoms with E-state index in [-0.39, 0.29) is 5.56 Å². The first-order valence-corrected chi connectivity index (χ1v) is 7.77. The lowest BCUT2D eigenvalue weighted by Crippen LogP contribution is -2.36. The van der Waals surface area contributed by atoms with E-state index >= 15 is 0 Å². The third-order valence-corrected chi connectivity index (χ3v) is 3.79. The molecular weight excluding hydrogens is 306 g/mol. The van der Waals surface area contributed by atoms with Gasteiger partial charge in [0.2, 0.25) is 0 Å². The summed E-state index contributed by atoms with van der Waals surface area (Å²) in [5.41, 5.74) is 5.85. The summed E-state index contributed by atoms with van der Waals surface area (Å²) in [7, 11) is 0. The van der Waals surface area contributed by atoms with E-state index in [4.69, 9.17) is 9.84 Å². The molecule has 1 heterocycles. The molecule has 2 N–H and O–H groups in total. The summed E-state index contributed by atoms with van der Waals surface area (Å²) in [6.45, 7) is 3.36. The van der Waals surface area contributed by atoms with E-state index in [9.17, 15) is 4.79 Å². The zero-order valence-corrected chi connectivity index (χ0v) is 13.2. The maximum Gasteiger partial charge on any atom is 0.335 e. The fourth-order valence-electron chi connectivity index (χ4n) is 2.50. The molecule has 24 heavy (non-hydrogen) atoms. The fraction of sp³-hybridized carbons (Fsp3) is 0.222. The van der Waals surface area contributed by atoms with Crippen molar-refractivity contribution < 1.29 is 14.6 Å². The number of hydrogen-bond donors (Lipinski definition) is 2. The molecule has 2 aromatic carbocycles. The number of rotatable bonds is 5. The van der Waals surface area contributed by atoms with Crippen LogP contribution in [0.25, 0.3) is 0 Å². The average molecular weight is 325 g/mol. The lowest BCUT2D eigenvalue weighted by molar-refractivity contribution is 0.0697. The Kier molecular flexibility index (Phi) is 5.08. The zero-order chi connectivity index (χ0) is 16.8. The van der Waals surface area contributed by atoms with Crippen LogP contribution < -0.4 is 10.3 Å². The van der Waals surface area contributed by atoms with Crippen LogP contribution in [-0.4, -0.2) is 43.6 Å². The first kappa shape index (κ1) is 16.0. The molecule has 0 aliphatic carbocycles. The van der Waals surface area contributed by atoms with Gasteiger partial charge in [-0.05, 0) is 35.9 Å². The van der Waals surface area contributed by atoms with Gasteiger partial charge in [0.1, 0.15) is 0 Å². The summed E-state index contributed by atoms with van der Waals surface area (Å²) in [6, 6.07) is 14.7. The molecule has 1 aliphatic rings. The van der Waals surface area contributed by atoms with Crippen LogP contribution in [0.15, 0.2) is 53.6 Å². The molecule has 0 unspecified atom stereocenters. The van der Waals surface area contributed by atoms with E-state index in [0.717, 1.165) is 31.9 Å². The second-order valence-electron chi connectivity index (χ2n) is 5.45. The Morgan fingerprint density at radius 1 is 1.17 bits per heavy atom. The smallest absolute Gasteiger partial charge is 0.335 e. The van der Waals surface area contributed by atoms with Crippen molar-refractivity contribution >= 4 is 23.6 Å². The van der Waals surface area contributed by atoms with Gasteiger partial charge >= 0.3 is 5.97 Å². The van der Waals surface area contributed by atoms with Crippen molar-refractivity contribution in [1.29, 1.82) is 0 Å². The summed E-state index contributed by atoms with van der Waals surface area (Å²) in [5, 5.41) is 13.1. The van der Waals surface area contributed by atoms with Crippen LogP contribution in [0.4, 0.5) is 11.4 Å². The van der Waals surface area contributed by atoms with Crippen LogP contribution in [0.1, 0.15) is 15.9 Å². The van der Waals surface area contributed by atoms with Crippen LogP contribution in [0.2, 0.25) is 0 Å². The number of carbonyl (C=O) groups is 1. The minimum Gasteiger partial charge on any atom is -0.478 e. The summed E-state index contributed by atoms with van der Waals surface area (Å²) < 4.78 is 5.36. The lowest BCUT2D eigenvalue weighted by Gasteiger charge is -2.28. The van der Waals surface area contributed by atoms with Crippen molar-refractivity contribution in [3.63, 3.8) is 0 Å². The number of anilines is 2. The van der Waals surface area contributed by atoms with E-state index in [1.165, 1.54) is 5.69 Å². The van der Waals surface area contributed by atoms with E-state index in [0.29, 0.717) is 5.69 Å². The third kappa shape index (κ3) is 4.11.